The summed E-state index contributed by atoms with van der Waals surface area (Å²) in [5.41, 5.74) is 6.77. The first kappa shape index (κ1) is 15.1. The van der Waals surface area contributed by atoms with Gasteiger partial charge in [-0.2, -0.15) is 4.99 Å². The van der Waals surface area contributed by atoms with E-state index in [2.05, 4.69) is 9.73 Å². The van der Waals surface area contributed by atoms with E-state index < -0.39 is 5.97 Å². The number of ether oxygens (including phenoxy) is 1. The topological polar surface area (TPSA) is 94.9 Å². The highest BCUT2D eigenvalue weighted by Crippen LogP contribution is 2.29. The number of hydrogen-bond donors (Lipinski definition) is 1. The first-order valence-corrected chi connectivity index (χ1v) is 7.45. The van der Waals surface area contributed by atoms with Crippen LogP contribution in [0.4, 0.5) is 0 Å². The van der Waals surface area contributed by atoms with E-state index >= 15 is 0 Å². The van der Waals surface area contributed by atoms with Crippen LogP contribution in [0.3, 0.4) is 0 Å². The maximum Gasteiger partial charge on any atom is 0.337 e. The Morgan fingerprint density at radius 1 is 1.26 bits per heavy atom. The number of rotatable bonds is 3. The summed E-state index contributed by atoms with van der Waals surface area (Å²) in [6, 6.07) is 10.4. The lowest BCUT2D eigenvalue weighted by Crippen LogP contribution is -2.01. The van der Waals surface area contributed by atoms with Crippen LogP contribution in [0, 0.1) is 0 Å². The molecule has 116 valence electrons. The molecule has 6 nitrogen and oxygen atoms in total. The predicted octanol–water partition coefficient (Wildman–Crippen LogP) is 2.66. The number of nitrogens with zero attached hydrogens (tertiary/aromatic N) is 1. The average Bonchev–Trinajstić information content (AvgIpc) is 3.14. The first-order valence-electron chi connectivity index (χ1n) is 6.63. The van der Waals surface area contributed by atoms with Gasteiger partial charge in [0.05, 0.1) is 17.6 Å². The van der Waals surface area contributed by atoms with Crippen molar-refractivity contribution in [2.45, 2.75) is 0 Å². The van der Waals surface area contributed by atoms with E-state index in [1.165, 1.54) is 7.11 Å². The van der Waals surface area contributed by atoms with Crippen LogP contribution in [-0.4, -0.2) is 24.2 Å². The van der Waals surface area contributed by atoms with Crippen LogP contribution in [0.25, 0.3) is 17.4 Å². The third kappa shape index (κ3) is 3.19. The van der Waals surface area contributed by atoms with Gasteiger partial charge in [-0.05, 0) is 36.0 Å². The Morgan fingerprint density at radius 2 is 2.00 bits per heavy atom. The number of amidine groups is 1. The Labute approximate surface area is 136 Å². The van der Waals surface area contributed by atoms with Crippen molar-refractivity contribution in [2.75, 3.05) is 7.11 Å². The number of aliphatic imine (C=N–C) groups is 1. The van der Waals surface area contributed by atoms with Gasteiger partial charge in [0.15, 0.2) is 5.17 Å². The summed E-state index contributed by atoms with van der Waals surface area (Å²) in [5, 5.41) is 0.228. The highest BCUT2D eigenvalue weighted by molar-refractivity contribution is 8.18. The Kier molecular flexibility index (Phi) is 4.03. The molecule has 0 saturated carbocycles. The van der Waals surface area contributed by atoms with Crippen molar-refractivity contribution < 1.29 is 18.7 Å². The number of esters is 1. The Hall–Kier alpha value is -2.80. The quantitative estimate of drug-likeness (QED) is 0.687. The molecule has 2 aromatic rings. The van der Waals surface area contributed by atoms with Gasteiger partial charge in [-0.15, -0.1) is 0 Å². The van der Waals surface area contributed by atoms with E-state index in [1.54, 1.807) is 42.5 Å². The SMILES string of the molecule is COC(=O)c1ccc(-c2ccc(C=C3SC(N)=NC3=O)o2)cc1. The Balaban J connectivity index is 1.81. The Morgan fingerprint density at radius 3 is 2.61 bits per heavy atom. The van der Waals surface area contributed by atoms with E-state index in [0.29, 0.717) is 22.0 Å². The number of carbonyl (C=O) groups excluding carboxylic acids is 2. The van der Waals surface area contributed by atoms with Gasteiger partial charge in [-0.1, -0.05) is 12.1 Å². The third-order valence-corrected chi connectivity index (χ3v) is 3.94. The number of furan rings is 1. The van der Waals surface area contributed by atoms with E-state index in [4.69, 9.17) is 10.2 Å². The zero-order chi connectivity index (χ0) is 16.4. The molecule has 0 radical (unpaired) electrons. The highest BCUT2D eigenvalue weighted by Gasteiger charge is 2.20. The van der Waals surface area contributed by atoms with Crippen molar-refractivity contribution in [3.8, 4) is 11.3 Å². The van der Waals surface area contributed by atoms with E-state index in [9.17, 15) is 9.59 Å². The molecule has 3 rings (SSSR count). The highest BCUT2D eigenvalue weighted by atomic mass is 32.2. The van der Waals surface area contributed by atoms with Crippen LogP contribution >= 0.6 is 11.8 Å². The summed E-state index contributed by atoms with van der Waals surface area (Å²) < 4.78 is 10.3. The van der Waals surface area contributed by atoms with Gasteiger partial charge in [0, 0.05) is 11.6 Å². The number of carbonyl (C=O) groups is 2. The molecule has 0 atom stereocenters. The molecule has 0 fully saturated rings. The molecule has 0 saturated heterocycles. The van der Waals surface area contributed by atoms with Gasteiger partial charge >= 0.3 is 5.97 Å². The minimum absolute atomic E-state index is 0.228. The minimum atomic E-state index is -0.393. The van der Waals surface area contributed by atoms with Crippen molar-refractivity contribution in [2.24, 2.45) is 10.7 Å². The fraction of sp³-hybridized carbons (Fsp3) is 0.0625. The van der Waals surface area contributed by atoms with E-state index in [-0.39, 0.29) is 11.1 Å². The molecule has 1 aliphatic heterocycles. The van der Waals surface area contributed by atoms with E-state index in [0.717, 1.165) is 17.3 Å². The van der Waals surface area contributed by atoms with Crippen molar-refractivity contribution >= 4 is 34.9 Å². The maximum absolute atomic E-state index is 11.6. The summed E-state index contributed by atoms with van der Waals surface area (Å²) in [5.74, 6) is 0.388. The van der Waals surface area contributed by atoms with Gasteiger partial charge in [-0.3, -0.25) is 4.79 Å². The van der Waals surface area contributed by atoms with Crippen LogP contribution < -0.4 is 5.73 Å². The number of methoxy groups -OCH3 is 1. The summed E-state index contributed by atoms with van der Waals surface area (Å²) in [4.78, 5) is 27.0. The molecule has 0 spiro atoms. The summed E-state index contributed by atoms with van der Waals surface area (Å²) in [7, 11) is 1.33. The normalized spacial score (nSPS) is 15.8. The largest absolute Gasteiger partial charge is 0.465 e. The number of thioether (sulfide) groups is 1. The molecule has 23 heavy (non-hydrogen) atoms. The van der Waals surface area contributed by atoms with Crippen molar-refractivity contribution in [3.05, 3.63) is 52.6 Å². The average molecular weight is 328 g/mol. The van der Waals surface area contributed by atoms with Crippen LogP contribution in [-0.2, 0) is 9.53 Å². The molecular weight excluding hydrogens is 316 g/mol. The zero-order valence-electron chi connectivity index (χ0n) is 12.1. The van der Waals surface area contributed by atoms with Crippen LogP contribution in [0.5, 0.6) is 0 Å². The molecule has 0 aliphatic carbocycles. The van der Waals surface area contributed by atoms with Crippen molar-refractivity contribution in [1.82, 2.24) is 0 Å². The number of amides is 1. The Bertz CT molecular complexity index is 834. The van der Waals surface area contributed by atoms with Gasteiger partial charge in [-0.25, -0.2) is 4.79 Å². The number of benzene rings is 1. The molecule has 1 aromatic carbocycles. The van der Waals surface area contributed by atoms with Crippen molar-refractivity contribution in [1.29, 1.82) is 0 Å². The van der Waals surface area contributed by atoms with E-state index in [1.807, 2.05) is 0 Å². The molecular formula is C16H12N2O4S. The molecule has 7 heteroatoms. The second-order valence-corrected chi connectivity index (χ2v) is 5.70. The molecule has 0 bridgehead atoms. The molecule has 2 heterocycles. The smallest absolute Gasteiger partial charge is 0.337 e. The predicted molar refractivity (Wildman–Crippen MR) is 87.7 cm³/mol. The van der Waals surface area contributed by atoms with Crippen LogP contribution in [0.2, 0.25) is 0 Å². The van der Waals surface area contributed by atoms with Gasteiger partial charge in [0.25, 0.3) is 5.91 Å². The number of hydrogen-bond acceptors (Lipinski definition) is 6. The molecule has 0 unspecified atom stereocenters. The van der Waals surface area contributed by atoms with Gasteiger partial charge < -0.3 is 14.9 Å². The minimum Gasteiger partial charge on any atom is -0.465 e. The molecule has 2 N–H and O–H groups in total. The molecule has 1 amide bonds. The third-order valence-electron chi connectivity index (χ3n) is 3.13. The molecule has 1 aliphatic rings. The van der Waals surface area contributed by atoms with Crippen LogP contribution in [0.1, 0.15) is 16.1 Å². The van der Waals surface area contributed by atoms with Gasteiger partial charge in [0.2, 0.25) is 0 Å². The van der Waals surface area contributed by atoms with Gasteiger partial charge in [0.1, 0.15) is 11.5 Å². The summed E-state index contributed by atoms with van der Waals surface area (Å²) >= 11 is 1.11. The van der Waals surface area contributed by atoms with Crippen molar-refractivity contribution in [3.63, 3.8) is 0 Å². The van der Waals surface area contributed by atoms with Crippen LogP contribution in [0.15, 0.2) is 50.7 Å². The lowest BCUT2D eigenvalue weighted by atomic mass is 10.1. The number of nitrogens with two attached hydrogens (primary N) is 1. The zero-order valence-corrected chi connectivity index (χ0v) is 12.9. The molecule has 1 aromatic heterocycles. The fourth-order valence-corrected chi connectivity index (χ4v) is 2.69. The monoisotopic (exact) mass is 328 g/mol. The summed E-state index contributed by atoms with van der Waals surface area (Å²) in [6.45, 7) is 0. The lowest BCUT2D eigenvalue weighted by molar-refractivity contribution is -0.113. The maximum atomic E-state index is 11.6. The second-order valence-electron chi connectivity index (χ2n) is 4.64. The lowest BCUT2D eigenvalue weighted by Gasteiger charge is -2.00. The second kappa shape index (κ2) is 6.13. The summed E-state index contributed by atoms with van der Waals surface area (Å²) in [6.07, 6.45) is 1.60. The standard InChI is InChI=1S/C16H12N2O4S/c1-21-15(20)10-4-2-9(3-5-10)12-7-6-11(22-12)8-13-14(19)18-16(17)23-13/h2-8H,1H3,(H2,17,18,19). The first-order chi connectivity index (χ1) is 11.1. The fourth-order valence-electron chi connectivity index (χ4n) is 2.03.